The van der Waals surface area contributed by atoms with E-state index in [2.05, 4.69) is 0 Å². The van der Waals surface area contributed by atoms with Crippen LogP contribution in [-0.4, -0.2) is 18.0 Å². The van der Waals surface area contributed by atoms with E-state index in [-0.39, 0.29) is 17.4 Å². The van der Waals surface area contributed by atoms with Crippen molar-refractivity contribution in [2.45, 2.75) is 20.0 Å². The van der Waals surface area contributed by atoms with Crippen molar-refractivity contribution in [1.29, 1.82) is 5.26 Å². The maximum absolute atomic E-state index is 12.3. The summed E-state index contributed by atoms with van der Waals surface area (Å²) >= 11 is 6.02. The van der Waals surface area contributed by atoms with Crippen LogP contribution in [0.2, 0.25) is 5.02 Å². The molecule has 0 fully saturated rings. The van der Waals surface area contributed by atoms with Crippen LogP contribution in [-0.2, 0) is 9.53 Å². The van der Waals surface area contributed by atoms with Crippen LogP contribution >= 0.6 is 11.6 Å². The van der Waals surface area contributed by atoms with Gasteiger partial charge in [0.05, 0.1) is 11.7 Å². The number of furan rings is 1. The number of benzene rings is 1. The van der Waals surface area contributed by atoms with Crippen LogP contribution in [0.3, 0.4) is 0 Å². The van der Waals surface area contributed by atoms with Crippen molar-refractivity contribution in [1.82, 2.24) is 0 Å². The molecule has 2 N–H and O–H groups in total. The van der Waals surface area contributed by atoms with E-state index >= 15 is 0 Å². The highest BCUT2D eigenvalue weighted by Gasteiger charge is 2.18. The van der Waals surface area contributed by atoms with Gasteiger partial charge in [-0.3, -0.25) is 4.79 Å². The van der Waals surface area contributed by atoms with E-state index in [0.29, 0.717) is 21.9 Å². The third-order valence-electron chi connectivity index (χ3n) is 3.11. The van der Waals surface area contributed by atoms with Crippen LogP contribution in [0.5, 0.6) is 0 Å². The van der Waals surface area contributed by atoms with Gasteiger partial charge in [-0.2, -0.15) is 5.26 Å². The molecule has 2 aromatic rings. The predicted octanol–water partition coefficient (Wildman–Crippen LogP) is 3.56. The zero-order valence-corrected chi connectivity index (χ0v) is 14.3. The maximum Gasteiger partial charge on any atom is 0.339 e. The van der Waals surface area contributed by atoms with Crippen LogP contribution in [0, 0.1) is 11.3 Å². The topological polar surface area (TPSA) is 106 Å². The first-order chi connectivity index (χ1) is 11.8. The minimum atomic E-state index is -0.857. The number of carbonyl (C=O) groups excluding carboxylic acids is 2. The number of nitrogens with zero attached hydrogens (tertiary/aromatic N) is 1. The van der Waals surface area contributed by atoms with E-state index in [4.69, 9.17) is 31.8 Å². The lowest BCUT2D eigenvalue weighted by Crippen LogP contribution is -2.12. The molecule has 0 aliphatic heterocycles. The monoisotopic (exact) mass is 358 g/mol. The van der Waals surface area contributed by atoms with E-state index < -0.39 is 11.9 Å². The first kappa shape index (κ1) is 18.3. The van der Waals surface area contributed by atoms with Gasteiger partial charge in [-0.05, 0) is 44.2 Å². The molecule has 0 atom stereocenters. The van der Waals surface area contributed by atoms with Gasteiger partial charge >= 0.3 is 5.97 Å². The number of hydrogen-bond acceptors (Lipinski definition) is 5. The summed E-state index contributed by atoms with van der Waals surface area (Å²) in [6.45, 7) is 3.49. The Bertz CT molecular complexity index is 891. The quantitative estimate of drug-likeness (QED) is 0.499. The summed E-state index contributed by atoms with van der Waals surface area (Å²) in [5, 5.41) is 9.30. The number of primary amides is 1. The molecule has 1 aromatic heterocycles. The standard InChI is InChI=1S/C18H15ClN2O4/c1-10(2)24-18(23)14-5-3-12(19)8-15(14)16-6-4-13(25-16)7-11(9-20)17(21)22/h3-8,10H,1-2H3,(H2,21,22)/b11-7+. The van der Waals surface area contributed by atoms with Gasteiger partial charge in [0.15, 0.2) is 0 Å². The highest BCUT2D eigenvalue weighted by Crippen LogP contribution is 2.30. The third kappa shape index (κ3) is 4.49. The molecule has 128 valence electrons. The van der Waals surface area contributed by atoms with Crippen LogP contribution in [0.15, 0.2) is 40.3 Å². The van der Waals surface area contributed by atoms with Gasteiger partial charge in [-0.15, -0.1) is 0 Å². The van der Waals surface area contributed by atoms with E-state index in [1.807, 2.05) is 0 Å². The first-order valence-corrected chi connectivity index (χ1v) is 7.72. The zero-order valence-electron chi connectivity index (χ0n) is 13.6. The fourth-order valence-corrected chi connectivity index (χ4v) is 2.22. The number of amides is 1. The number of nitrogens with two attached hydrogens (primary N) is 1. The van der Waals surface area contributed by atoms with Crippen molar-refractivity contribution in [3.8, 4) is 17.4 Å². The summed E-state index contributed by atoms with van der Waals surface area (Å²) in [5.74, 6) is -0.783. The van der Waals surface area contributed by atoms with E-state index in [0.717, 1.165) is 0 Å². The maximum atomic E-state index is 12.3. The van der Waals surface area contributed by atoms with Crippen molar-refractivity contribution < 1.29 is 18.7 Å². The molecule has 6 nitrogen and oxygen atoms in total. The van der Waals surface area contributed by atoms with Crippen molar-refractivity contribution in [3.63, 3.8) is 0 Å². The highest BCUT2D eigenvalue weighted by molar-refractivity contribution is 6.31. The fourth-order valence-electron chi connectivity index (χ4n) is 2.05. The van der Waals surface area contributed by atoms with Crippen LogP contribution in [0.4, 0.5) is 0 Å². The number of carbonyl (C=O) groups is 2. The molecule has 1 amide bonds. The zero-order chi connectivity index (χ0) is 18.6. The van der Waals surface area contributed by atoms with Crippen molar-refractivity contribution in [3.05, 3.63) is 52.3 Å². The Morgan fingerprint density at radius 3 is 2.64 bits per heavy atom. The predicted molar refractivity (Wildman–Crippen MR) is 92.5 cm³/mol. The smallest absolute Gasteiger partial charge is 0.339 e. The van der Waals surface area contributed by atoms with Gasteiger partial charge < -0.3 is 14.9 Å². The summed E-state index contributed by atoms with van der Waals surface area (Å²) in [6.07, 6.45) is 0.947. The molecule has 1 heterocycles. The molecule has 2 rings (SSSR count). The summed E-state index contributed by atoms with van der Waals surface area (Å²) in [4.78, 5) is 23.4. The van der Waals surface area contributed by atoms with Gasteiger partial charge in [0.2, 0.25) is 0 Å². The van der Waals surface area contributed by atoms with E-state index in [9.17, 15) is 9.59 Å². The molecule has 0 saturated heterocycles. The second-order valence-electron chi connectivity index (χ2n) is 5.38. The van der Waals surface area contributed by atoms with E-state index in [1.165, 1.54) is 6.08 Å². The largest absolute Gasteiger partial charge is 0.459 e. The fraction of sp³-hybridized carbons (Fsp3) is 0.167. The molecule has 7 heteroatoms. The third-order valence-corrected chi connectivity index (χ3v) is 3.34. The Labute approximate surface area is 149 Å². The van der Waals surface area contributed by atoms with Crippen LogP contribution < -0.4 is 5.73 Å². The lowest BCUT2D eigenvalue weighted by atomic mass is 10.1. The van der Waals surface area contributed by atoms with Crippen molar-refractivity contribution in [2.75, 3.05) is 0 Å². The molecule has 0 saturated carbocycles. The summed E-state index contributed by atoms with van der Waals surface area (Å²) < 4.78 is 10.8. The Morgan fingerprint density at radius 2 is 2.04 bits per heavy atom. The lowest BCUT2D eigenvalue weighted by molar-refractivity contribution is -0.114. The molecular weight excluding hydrogens is 344 g/mol. The molecular formula is C18H15ClN2O4. The Hall–Kier alpha value is -3.04. The summed E-state index contributed by atoms with van der Waals surface area (Å²) in [6, 6.07) is 9.53. The molecule has 0 spiro atoms. The molecule has 25 heavy (non-hydrogen) atoms. The highest BCUT2D eigenvalue weighted by atomic mass is 35.5. The van der Waals surface area contributed by atoms with Crippen LogP contribution in [0.1, 0.15) is 30.0 Å². The number of hydrogen-bond donors (Lipinski definition) is 1. The van der Waals surface area contributed by atoms with Gasteiger partial charge in [0.1, 0.15) is 23.2 Å². The summed E-state index contributed by atoms with van der Waals surface area (Å²) in [5.41, 5.74) is 5.58. The number of nitriles is 1. The normalized spacial score (nSPS) is 11.2. The molecule has 0 unspecified atom stereocenters. The Kier molecular flexibility index (Phi) is 5.63. The van der Waals surface area contributed by atoms with Crippen LogP contribution in [0.25, 0.3) is 17.4 Å². The molecule has 0 bridgehead atoms. The first-order valence-electron chi connectivity index (χ1n) is 7.34. The van der Waals surface area contributed by atoms with Crippen molar-refractivity contribution >= 4 is 29.6 Å². The van der Waals surface area contributed by atoms with Gasteiger partial charge in [-0.1, -0.05) is 11.6 Å². The average molecular weight is 359 g/mol. The second-order valence-corrected chi connectivity index (χ2v) is 5.82. The molecule has 1 aromatic carbocycles. The van der Waals surface area contributed by atoms with Crippen molar-refractivity contribution in [2.24, 2.45) is 5.73 Å². The minimum Gasteiger partial charge on any atom is -0.459 e. The van der Waals surface area contributed by atoms with Gasteiger partial charge in [0, 0.05) is 16.7 Å². The molecule has 0 aliphatic rings. The molecule has 0 radical (unpaired) electrons. The number of ether oxygens (including phenoxy) is 1. The second kappa shape index (κ2) is 7.69. The lowest BCUT2D eigenvalue weighted by Gasteiger charge is -2.11. The Morgan fingerprint density at radius 1 is 1.32 bits per heavy atom. The number of rotatable bonds is 5. The molecule has 0 aliphatic carbocycles. The SMILES string of the molecule is CC(C)OC(=O)c1ccc(Cl)cc1-c1ccc(/C=C(\C#N)C(N)=O)o1. The Balaban J connectivity index is 2.46. The van der Waals surface area contributed by atoms with E-state index in [1.54, 1.807) is 50.2 Å². The average Bonchev–Trinajstić information content (AvgIpc) is 2.99. The number of halogens is 1. The number of esters is 1. The van der Waals surface area contributed by atoms with Gasteiger partial charge in [-0.25, -0.2) is 4.79 Å². The summed E-state index contributed by atoms with van der Waals surface area (Å²) in [7, 11) is 0. The van der Waals surface area contributed by atoms with Gasteiger partial charge in [0.25, 0.3) is 5.91 Å². The minimum absolute atomic E-state index is 0.244.